The first-order chi connectivity index (χ1) is 18.4. The summed E-state index contributed by atoms with van der Waals surface area (Å²) >= 11 is 2.58. The number of dihydropyridines is 1. The Bertz CT molecular complexity index is 1600. The van der Waals surface area contributed by atoms with Crippen LogP contribution in [-0.2, 0) is 9.59 Å². The molecular weight excluding hydrogens is 518 g/mol. The smallest absolute Gasteiger partial charge is 0.256 e. The summed E-state index contributed by atoms with van der Waals surface area (Å²) in [6.07, 6.45) is 1.51. The lowest BCUT2D eigenvalue weighted by molar-refractivity contribution is -0.114. The number of amides is 2. The maximum absolute atomic E-state index is 13.5. The second-order valence-corrected chi connectivity index (χ2v) is 10.6. The van der Waals surface area contributed by atoms with Gasteiger partial charge in [0.2, 0.25) is 5.91 Å². The average molecular weight is 542 g/mol. The maximum atomic E-state index is 13.5. The van der Waals surface area contributed by atoms with Crippen molar-refractivity contribution in [1.29, 1.82) is 5.26 Å². The molecular formula is C28H23N5O3S2. The van der Waals surface area contributed by atoms with Gasteiger partial charge in [0.1, 0.15) is 5.76 Å². The number of aryl methyl sites for hydroxylation is 1. The minimum Gasteiger partial charge on any atom is -0.468 e. The van der Waals surface area contributed by atoms with Crippen molar-refractivity contribution < 1.29 is 14.0 Å². The highest BCUT2D eigenvalue weighted by atomic mass is 32.2. The quantitative estimate of drug-likeness (QED) is 0.266. The summed E-state index contributed by atoms with van der Waals surface area (Å²) in [6.45, 7) is 3.69. The molecule has 2 aromatic heterocycles. The molecule has 3 heterocycles. The van der Waals surface area contributed by atoms with Gasteiger partial charge in [-0.3, -0.25) is 14.9 Å². The number of thiazole rings is 1. The fourth-order valence-electron chi connectivity index (χ4n) is 4.19. The number of nitriles is 1. The van der Waals surface area contributed by atoms with Gasteiger partial charge in [0.05, 0.1) is 50.4 Å². The Hall–Kier alpha value is -4.33. The number of hydrogen-bond acceptors (Lipinski definition) is 8. The number of carbonyl (C=O) groups is 2. The number of hydrogen-bond donors (Lipinski definition) is 3. The van der Waals surface area contributed by atoms with E-state index in [1.165, 1.54) is 29.4 Å². The number of aromatic nitrogens is 1. The Balaban J connectivity index is 1.40. The van der Waals surface area contributed by atoms with Crippen LogP contribution in [0.25, 0.3) is 10.2 Å². The first kappa shape index (κ1) is 25.3. The fourth-order valence-corrected chi connectivity index (χ4v) is 5.95. The molecule has 0 unspecified atom stereocenters. The van der Waals surface area contributed by atoms with E-state index in [2.05, 4.69) is 27.0 Å². The normalized spacial score (nSPS) is 15.2. The molecule has 0 saturated carbocycles. The molecule has 38 heavy (non-hydrogen) atoms. The molecule has 0 aliphatic carbocycles. The van der Waals surface area contributed by atoms with Crippen LogP contribution in [-0.4, -0.2) is 22.6 Å². The molecule has 190 valence electrons. The molecule has 1 aliphatic heterocycles. The van der Waals surface area contributed by atoms with E-state index in [0.29, 0.717) is 32.8 Å². The summed E-state index contributed by atoms with van der Waals surface area (Å²) in [5.74, 6) is -0.796. The SMILES string of the molecule is CC1=C(C(=O)Nc2nc3ccccc3s2)[C@@H](c2ccco2)C(C#N)=C(SCC(=O)Nc2ccccc2C)N1. The van der Waals surface area contributed by atoms with E-state index in [1.807, 2.05) is 55.5 Å². The molecule has 1 atom stereocenters. The van der Waals surface area contributed by atoms with Gasteiger partial charge in [0, 0.05) is 11.4 Å². The lowest BCUT2D eigenvalue weighted by Gasteiger charge is -2.28. The summed E-state index contributed by atoms with van der Waals surface area (Å²) < 4.78 is 6.63. The molecule has 0 spiro atoms. The van der Waals surface area contributed by atoms with Crippen LogP contribution in [0.1, 0.15) is 24.2 Å². The van der Waals surface area contributed by atoms with Crippen molar-refractivity contribution in [3.8, 4) is 6.07 Å². The Morgan fingerprint density at radius 3 is 2.63 bits per heavy atom. The van der Waals surface area contributed by atoms with E-state index < -0.39 is 5.92 Å². The van der Waals surface area contributed by atoms with Crippen LogP contribution < -0.4 is 16.0 Å². The summed E-state index contributed by atoms with van der Waals surface area (Å²) in [6, 6.07) is 20.9. The first-order valence-electron chi connectivity index (χ1n) is 11.7. The van der Waals surface area contributed by atoms with Gasteiger partial charge in [0.15, 0.2) is 5.13 Å². The molecule has 4 aromatic rings. The van der Waals surface area contributed by atoms with Gasteiger partial charge in [-0.05, 0) is 49.7 Å². The zero-order chi connectivity index (χ0) is 26.6. The standard InChI is InChI=1S/C28H23N5O3S2/c1-16-8-3-4-9-19(16)31-23(34)15-37-27-18(14-29)25(21-11-7-13-36-21)24(17(2)30-27)26(35)33-28-32-20-10-5-6-12-22(20)38-28/h3-13,25,30H,15H2,1-2H3,(H,31,34)(H,32,33,35)/t25-/m1/s1. The topological polar surface area (TPSA) is 120 Å². The second-order valence-electron chi connectivity index (χ2n) is 8.56. The van der Waals surface area contributed by atoms with E-state index in [4.69, 9.17) is 4.42 Å². The molecule has 10 heteroatoms. The zero-order valence-corrected chi connectivity index (χ0v) is 22.2. The van der Waals surface area contributed by atoms with Crippen LogP contribution in [0.3, 0.4) is 0 Å². The number of anilines is 2. The molecule has 0 fully saturated rings. The van der Waals surface area contributed by atoms with Gasteiger partial charge in [-0.1, -0.05) is 53.4 Å². The van der Waals surface area contributed by atoms with Crippen molar-refractivity contribution in [2.75, 3.05) is 16.4 Å². The summed E-state index contributed by atoms with van der Waals surface area (Å²) in [7, 11) is 0. The van der Waals surface area contributed by atoms with Crippen LogP contribution in [0, 0.1) is 18.3 Å². The Labute approximate surface area is 227 Å². The van der Waals surface area contributed by atoms with Gasteiger partial charge < -0.3 is 15.1 Å². The number of nitrogens with one attached hydrogen (secondary N) is 3. The molecule has 1 aliphatic rings. The van der Waals surface area contributed by atoms with Crippen molar-refractivity contribution in [1.82, 2.24) is 10.3 Å². The monoisotopic (exact) mass is 541 g/mol. The van der Waals surface area contributed by atoms with Gasteiger partial charge in [0.25, 0.3) is 5.91 Å². The predicted octanol–water partition coefficient (Wildman–Crippen LogP) is 5.90. The number of carbonyl (C=O) groups excluding carboxylic acids is 2. The highest BCUT2D eigenvalue weighted by Crippen LogP contribution is 2.41. The highest BCUT2D eigenvalue weighted by Gasteiger charge is 2.36. The number of benzene rings is 2. The van der Waals surface area contributed by atoms with Gasteiger partial charge >= 0.3 is 0 Å². The van der Waals surface area contributed by atoms with Crippen LogP contribution >= 0.6 is 23.1 Å². The van der Waals surface area contributed by atoms with Crippen LogP contribution in [0.2, 0.25) is 0 Å². The largest absolute Gasteiger partial charge is 0.468 e. The molecule has 0 radical (unpaired) electrons. The molecule has 8 nitrogen and oxygen atoms in total. The summed E-state index contributed by atoms with van der Waals surface area (Å²) in [5, 5.41) is 20.1. The third-order valence-corrected chi connectivity index (χ3v) is 7.97. The van der Waals surface area contributed by atoms with E-state index in [1.54, 1.807) is 19.1 Å². The number of thioether (sulfide) groups is 1. The van der Waals surface area contributed by atoms with Crippen molar-refractivity contribution in [2.24, 2.45) is 0 Å². The van der Waals surface area contributed by atoms with Gasteiger partial charge in [-0.25, -0.2) is 4.98 Å². The fraction of sp³-hybridized carbons (Fsp3) is 0.143. The molecule has 2 amide bonds. The molecule has 5 rings (SSSR count). The van der Waals surface area contributed by atoms with Crippen molar-refractivity contribution >= 4 is 55.9 Å². The lowest BCUT2D eigenvalue weighted by Crippen LogP contribution is -2.31. The zero-order valence-electron chi connectivity index (χ0n) is 20.6. The number of rotatable bonds is 7. The van der Waals surface area contributed by atoms with Crippen LogP contribution in [0.5, 0.6) is 0 Å². The Morgan fingerprint density at radius 1 is 1.11 bits per heavy atom. The highest BCUT2D eigenvalue weighted by molar-refractivity contribution is 8.03. The first-order valence-corrected chi connectivity index (χ1v) is 13.6. The van der Waals surface area contributed by atoms with E-state index in [-0.39, 0.29) is 17.6 Å². The maximum Gasteiger partial charge on any atom is 0.256 e. The third kappa shape index (κ3) is 5.20. The van der Waals surface area contributed by atoms with Gasteiger partial charge in [-0.15, -0.1) is 0 Å². The van der Waals surface area contributed by atoms with Crippen molar-refractivity contribution in [2.45, 2.75) is 19.8 Å². The third-order valence-electron chi connectivity index (χ3n) is 6.00. The number of fused-ring (bicyclic) bond motifs is 1. The van der Waals surface area contributed by atoms with E-state index in [9.17, 15) is 14.9 Å². The molecule has 2 aromatic carbocycles. The average Bonchev–Trinajstić information content (AvgIpc) is 3.58. The van der Waals surface area contributed by atoms with Crippen LogP contribution in [0.15, 0.2) is 93.2 Å². The van der Waals surface area contributed by atoms with Crippen LogP contribution in [0.4, 0.5) is 10.8 Å². The Morgan fingerprint density at radius 2 is 1.89 bits per heavy atom. The number of allylic oxidation sites excluding steroid dienone is 2. The minimum absolute atomic E-state index is 0.0766. The van der Waals surface area contributed by atoms with Gasteiger partial charge in [-0.2, -0.15) is 5.26 Å². The summed E-state index contributed by atoms with van der Waals surface area (Å²) in [4.78, 5) is 30.7. The number of para-hydroxylation sites is 2. The predicted molar refractivity (Wildman–Crippen MR) is 150 cm³/mol. The Kier molecular flexibility index (Phi) is 7.31. The number of nitrogens with zero attached hydrogens (tertiary/aromatic N) is 2. The summed E-state index contributed by atoms with van der Waals surface area (Å²) in [5.41, 5.74) is 3.70. The van der Waals surface area contributed by atoms with E-state index in [0.717, 1.165) is 21.5 Å². The molecule has 0 bridgehead atoms. The van der Waals surface area contributed by atoms with Crippen molar-refractivity contribution in [3.05, 3.63) is 100 Å². The second kappa shape index (κ2) is 11.0. The minimum atomic E-state index is -0.743. The molecule has 0 saturated heterocycles. The van der Waals surface area contributed by atoms with Crippen molar-refractivity contribution in [3.63, 3.8) is 0 Å². The molecule has 3 N–H and O–H groups in total. The lowest BCUT2D eigenvalue weighted by atomic mass is 9.85. The van der Waals surface area contributed by atoms with E-state index >= 15 is 0 Å². The number of furan rings is 1.